The number of hydrogen-bond acceptors (Lipinski definition) is 4. The molecule has 3 fully saturated rings. The Hall–Kier alpha value is -0.190. The van der Waals surface area contributed by atoms with Crippen molar-refractivity contribution in [3.05, 3.63) is 23.8 Å². The molecule has 7 atom stereocenters. The maximum Gasteiger partial charge on any atom is 0.178 e. The quantitative estimate of drug-likeness (QED) is 0.680. The second kappa shape index (κ2) is 6.42. The minimum absolute atomic E-state index is 0.118. The molecule has 0 saturated heterocycles. The lowest BCUT2D eigenvalue weighted by Gasteiger charge is -2.60. The number of aliphatic hydroxyl groups excluding tert-OH is 1. The fraction of sp³-hybridized carbons (Fsp3) is 0.773. The average Bonchev–Trinajstić information content (AvgIpc) is 2.88. The number of aliphatic hydroxyl groups is 1. The zero-order valence-electron chi connectivity index (χ0n) is 16.5. The van der Waals surface area contributed by atoms with Crippen molar-refractivity contribution >= 4 is 29.3 Å². The molecule has 0 aliphatic heterocycles. The second-order valence-electron chi connectivity index (χ2n) is 9.14. The number of ketones is 1. The highest BCUT2D eigenvalue weighted by molar-refractivity contribution is 8.18. The van der Waals surface area contributed by atoms with Gasteiger partial charge in [-0.2, -0.15) is 0 Å². The summed E-state index contributed by atoms with van der Waals surface area (Å²) in [5, 5.41) is 11.4. The molecular weight excluding hydrogens is 360 g/mol. The molecule has 0 bridgehead atoms. The Morgan fingerprint density at radius 2 is 2.08 bits per heavy atom. The SMILES string of the molecule is CCS[C@]1(SC)CC[C@H]2[C@@H]3CCC4=CC(=O)C=C[C@]4(C)[C@H]3[C@@H](O)C[C@@]21C. The lowest BCUT2D eigenvalue weighted by Crippen LogP contribution is -2.58. The predicted molar refractivity (Wildman–Crippen MR) is 112 cm³/mol. The van der Waals surface area contributed by atoms with Gasteiger partial charge in [0.15, 0.2) is 5.78 Å². The van der Waals surface area contributed by atoms with Crippen LogP contribution in [0.1, 0.15) is 52.9 Å². The van der Waals surface area contributed by atoms with Crippen LogP contribution < -0.4 is 0 Å². The van der Waals surface area contributed by atoms with Crippen LogP contribution in [-0.4, -0.2) is 33.1 Å². The normalized spacial score (nSPS) is 50.0. The maximum absolute atomic E-state index is 11.9. The highest BCUT2D eigenvalue weighted by atomic mass is 32.2. The van der Waals surface area contributed by atoms with Gasteiger partial charge >= 0.3 is 0 Å². The summed E-state index contributed by atoms with van der Waals surface area (Å²) in [6, 6.07) is 0. The Morgan fingerprint density at radius 1 is 1.31 bits per heavy atom. The number of carbonyl (C=O) groups is 1. The molecule has 2 nitrogen and oxygen atoms in total. The second-order valence-corrected chi connectivity index (χ2v) is 12.1. The number of carbonyl (C=O) groups excluding carboxylic acids is 1. The zero-order valence-corrected chi connectivity index (χ0v) is 18.1. The van der Waals surface area contributed by atoms with Crippen LogP contribution in [0.5, 0.6) is 0 Å². The van der Waals surface area contributed by atoms with Gasteiger partial charge in [-0.1, -0.05) is 32.4 Å². The summed E-state index contributed by atoms with van der Waals surface area (Å²) in [6.07, 6.45) is 13.3. The molecule has 0 aromatic carbocycles. The van der Waals surface area contributed by atoms with Crippen LogP contribution in [0.15, 0.2) is 23.8 Å². The topological polar surface area (TPSA) is 37.3 Å². The number of hydrogen-bond donors (Lipinski definition) is 1. The third-order valence-corrected chi connectivity index (χ3v) is 11.9. The minimum Gasteiger partial charge on any atom is -0.393 e. The van der Waals surface area contributed by atoms with Gasteiger partial charge in [0, 0.05) is 11.3 Å². The number of allylic oxidation sites excluding steroid dienone is 4. The van der Waals surface area contributed by atoms with E-state index in [-0.39, 0.29) is 32.7 Å². The summed E-state index contributed by atoms with van der Waals surface area (Å²) < 4.78 is 0.244. The van der Waals surface area contributed by atoms with E-state index in [0.717, 1.165) is 25.0 Å². The molecule has 0 heterocycles. The molecule has 4 rings (SSSR count). The van der Waals surface area contributed by atoms with Gasteiger partial charge in [-0.25, -0.2) is 0 Å². The van der Waals surface area contributed by atoms with Crippen molar-refractivity contribution in [3.63, 3.8) is 0 Å². The van der Waals surface area contributed by atoms with Crippen LogP contribution in [-0.2, 0) is 4.79 Å². The molecule has 4 aliphatic rings. The highest BCUT2D eigenvalue weighted by Gasteiger charge is 2.66. The first-order valence-corrected chi connectivity index (χ1v) is 12.3. The molecule has 0 radical (unpaired) electrons. The standard InChI is InChI=1S/C22H32O2S2/c1-5-26-22(25-4)11-9-17-16-7-6-14-12-15(23)8-10-20(14,2)19(16)18(24)13-21(17,22)3/h8,10,12,16-19,24H,5-7,9,11,13H2,1-4H3/t16-,17-,18-,19+,20-,21-,22+/m0/s1. The Bertz CT molecular complexity index is 671. The third kappa shape index (κ3) is 2.40. The van der Waals surface area contributed by atoms with E-state index < -0.39 is 0 Å². The molecule has 0 amide bonds. The first-order valence-electron chi connectivity index (χ1n) is 10.1. The van der Waals surface area contributed by atoms with Gasteiger partial charge in [0.05, 0.1) is 10.2 Å². The molecule has 144 valence electrons. The van der Waals surface area contributed by atoms with Crippen LogP contribution in [0.2, 0.25) is 0 Å². The van der Waals surface area contributed by atoms with Crippen molar-refractivity contribution in [2.75, 3.05) is 12.0 Å². The van der Waals surface area contributed by atoms with E-state index in [1.54, 1.807) is 6.08 Å². The predicted octanol–water partition coefficient (Wildman–Crippen LogP) is 5.08. The summed E-state index contributed by atoms with van der Waals surface area (Å²) in [5.74, 6) is 2.77. The number of fused-ring (bicyclic) bond motifs is 5. The summed E-state index contributed by atoms with van der Waals surface area (Å²) in [5.41, 5.74) is 1.31. The van der Waals surface area contributed by atoms with Gasteiger partial charge in [-0.15, -0.1) is 23.5 Å². The summed E-state index contributed by atoms with van der Waals surface area (Å²) in [6.45, 7) is 7.00. The average molecular weight is 393 g/mol. The Morgan fingerprint density at radius 3 is 2.77 bits per heavy atom. The fourth-order valence-corrected chi connectivity index (χ4v) is 10.3. The van der Waals surface area contributed by atoms with Crippen LogP contribution in [0.4, 0.5) is 0 Å². The largest absolute Gasteiger partial charge is 0.393 e. The first kappa shape index (κ1) is 19.1. The monoisotopic (exact) mass is 392 g/mol. The highest BCUT2D eigenvalue weighted by Crippen LogP contribution is 2.71. The molecular formula is C22H32O2S2. The Labute approximate surface area is 166 Å². The van der Waals surface area contributed by atoms with Gasteiger partial charge in [0.1, 0.15) is 0 Å². The van der Waals surface area contributed by atoms with Crippen LogP contribution in [0.25, 0.3) is 0 Å². The zero-order chi connectivity index (χ0) is 18.7. The maximum atomic E-state index is 11.9. The first-order chi connectivity index (χ1) is 12.3. The van der Waals surface area contributed by atoms with E-state index >= 15 is 0 Å². The Balaban J connectivity index is 1.73. The summed E-state index contributed by atoms with van der Waals surface area (Å²) in [7, 11) is 0. The third-order valence-electron chi connectivity index (χ3n) is 8.25. The van der Waals surface area contributed by atoms with Gasteiger partial charge in [0.25, 0.3) is 0 Å². The van der Waals surface area contributed by atoms with Gasteiger partial charge in [-0.3, -0.25) is 4.79 Å². The smallest absolute Gasteiger partial charge is 0.178 e. The molecule has 0 aromatic heterocycles. The molecule has 0 spiro atoms. The van der Waals surface area contributed by atoms with E-state index in [0.29, 0.717) is 11.8 Å². The van der Waals surface area contributed by atoms with Crippen LogP contribution in [0, 0.1) is 28.6 Å². The van der Waals surface area contributed by atoms with Gasteiger partial charge in [0.2, 0.25) is 0 Å². The number of rotatable bonds is 3. The summed E-state index contributed by atoms with van der Waals surface area (Å²) in [4.78, 5) is 11.9. The van der Waals surface area contributed by atoms with Gasteiger partial charge < -0.3 is 5.11 Å². The van der Waals surface area contributed by atoms with E-state index in [1.165, 1.54) is 18.4 Å². The molecule has 0 unspecified atom stereocenters. The molecule has 4 aliphatic carbocycles. The fourth-order valence-electron chi connectivity index (χ4n) is 7.14. The van der Waals surface area contributed by atoms with Crippen LogP contribution >= 0.6 is 23.5 Å². The van der Waals surface area contributed by atoms with E-state index in [1.807, 2.05) is 17.8 Å². The molecule has 1 N–H and O–H groups in total. The van der Waals surface area contributed by atoms with Crippen molar-refractivity contribution in [2.45, 2.75) is 63.1 Å². The van der Waals surface area contributed by atoms with E-state index in [2.05, 4.69) is 44.9 Å². The van der Waals surface area contributed by atoms with Crippen molar-refractivity contribution in [3.8, 4) is 0 Å². The van der Waals surface area contributed by atoms with Gasteiger partial charge in [-0.05, 0) is 73.5 Å². The van der Waals surface area contributed by atoms with Crippen molar-refractivity contribution in [2.24, 2.45) is 28.6 Å². The number of thioether (sulfide) groups is 2. The molecule has 0 aromatic rings. The lowest BCUT2D eigenvalue weighted by atomic mass is 9.47. The van der Waals surface area contributed by atoms with Crippen molar-refractivity contribution < 1.29 is 9.90 Å². The van der Waals surface area contributed by atoms with E-state index in [9.17, 15) is 9.90 Å². The van der Waals surface area contributed by atoms with Crippen molar-refractivity contribution in [1.82, 2.24) is 0 Å². The van der Waals surface area contributed by atoms with Crippen LogP contribution in [0.3, 0.4) is 0 Å². The van der Waals surface area contributed by atoms with E-state index in [4.69, 9.17) is 0 Å². The lowest BCUT2D eigenvalue weighted by molar-refractivity contribution is -0.114. The molecule has 3 saturated carbocycles. The molecule has 4 heteroatoms. The summed E-state index contributed by atoms with van der Waals surface area (Å²) >= 11 is 4.15. The Kier molecular flexibility index (Phi) is 4.73. The molecule has 26 heavy (non-hydrogen) atoms. The van der Waals surface area contributed by atoms with Crippen molar-refractivity contribution in [1.29, 1.82) is 0 Å². The minimum atomic E-state index is -0.283.